The Morgan fingerprint density at radius 1 is 1.33 bits per heavy atom. The van der Waals surface area contributed by atoms with Crippen LogP contribution in [0.25, 0.3) is 0 Å². The topological polar surface area (TPSA) is 67.2 Å². The van der Waals surface area contributed by atoms with Crippen LogP contribution in [0.5, 0.6) is 0 Å². The average Bonchev–Trinajstić information content (AvgIpc) is 2.33. The molecule has 118 valence electrons. The van der Waals surface area contributed by atoms with Crippen molar-refractivity contribution >= 4 is 17.1 Å². The van der Waals surface area contributed by atoms with Crippen molar-refractivity contribution in [1.29, 1.82) is 0 Å². The van der Waals surface area contributed by atoms with Gasteiger partial charge in [0.25, 0.3) is 0 Å². The number of nitro groups is 1. The summed E-state index contributed by atoms with van der Waals surface area (Å²) < 4.78 is 37.0. The molecule has 1 atom stereocenters. The SMILES string of the molecule is CCCNc1cccc(NC(C)CC(F)(F)F)c1[N+](=O)[O-]. The molecule has 0 radical (unpaired) electrons. The number of halogens is 3. The first-order chi connectivity index (χ1) is 9.74. The minimum absolute atomic E-state index is 0.0813. The van der Waals surface area contributed by atoms with E-state index in [9.17, 15) is 23.3 Å². The van der Waals surface area contributed by atoms with Crippen molar-refractivity contribution in [2.75, 3.05) is 17.2 Å². The van der Waals surface area contributed by atoms with Crippen LogP contribution in [0.15, 0.2) is 18.2 Å². The molecule has 0 aliphatic carbocycles. The van der Waals surface area contributed by atoms with Gasteiger partial charge in [-0.05, 0) is 25.5 Å². The summed E-state index contributed by atoms with van der Waals surface area (Å²) in [6.45, 7) is 3.79. The molecule has 21 heavy (non-hydrogen) atoms. The van der Waals surface area contributed by atoms with Crippen molar-refractivity contribution in [2.45, 2.75) is 38.9 Å². The van der Waals surface area contributed by atoms with E-state index in [0.717, 1.165) is 6.42 Å². The van der Waals surface area contributed by atoms with E-state index in [1.165, 1.54) is 19.1 Å². The van der Waals surface area contributed by atoms with Crippen LogP contribution in [-0.4, -0.2) is 23.7 Å². The van der Waals surface area contributed by atoms with E-state index in [1.807, 2.05) is 6.92 Å². The molecule has 0 spiro atoms. The van der Waals surface area contributed by atoms with E-state index >= 15 is 0 Å². The molecule has 1 aromatic rings. The highest BCUT2D eigenvalue weighted by molar-refractivity contribution is 5.76. The second kappa shape index (κ2) is 7.14. The maximum atomic E-state index is 12.3. The zero-order valence-electron chi connectivity index (χ0n) is 11.8. The summed E-state index contributed by atoms with van der Waals surface area (Å²) in [6, 6.07) is 3.55. The van der Waals surface area contributed by atoms with Gasteiger partial charge in [-0.15, -0.1) is 0 Å². The molecule has 1 aromatic carbocycles. The predicted molar refractivity (Wildman–Crippen MR) is 75.6 cm³/mol. The smallest absolute Gasteiger partial charge is 0.379 e. The molecule has 5 nitrogen and oxygen atoms in total. The Labute approximate surface area is 120 Å². The van der Waals surface area contributed by atoms with Gasteiger partial charge in [-0.3, -0.25) is 10.1 Å². The normalized spacial score (nSPS) is 12.8. The van der Waals surface area contributed by atoms with Gasteiger partial charge in [-0.2, -0.15) is 13.2 Å². The predicted octanol–water partition coefficient (Wildman–Crippen LogP) is 4.17. The molecular weight excluding hydrogens is 287 g/mol. The van der Waals surface area contributed by atoms with E-state index in [2.05, 4.69) is 10.6 Å². The first kappa shape index (κ1) is 17.1. The number of rotatable bonds is 7. The lowest BCUT2D eigenvalue weighted by Crippen LogP contribution is -2.24. The standard InChI is InChI=1S/C13H18F3N3O2/c1-3-7-17-10-5-4-6-11(12(10)19(20)21)18-9(2)8-13(14,15)16/h4-6,9,17-18H,3,7-8H2,1-2H3. The molecular formula is C13H18F3N3O2. The summed E-state index contributed by atoms with van der Waals surface area (Å²) in [5.41, 5.74) is 0.142. The van der Waals surface area contributed by atoms with Gasteiger partial charge < -0.3 is 10.6 Å². The first-order valence-electron chi connectivity index (χ1n) is 6.59. The highest BCUT2D eigenvalue weighted by atomic mass is 19.4. The van der Waals surface area contributed by atoms with E-state index < -0.39 is 23.6 Å². The number of nitrogens with one attached hydrogen (secondary N) is 2. The van der Waals surface area contributed by atoms with Gasteiger partial charge in [-0.25, -0.2) is 0 Å². The highest BCUT2D eigenvalue weighted by Crippen LogP contribution is 2.34. The number of nitrogens with zero attached hydrogens (tertiary/aromatic N) is 1. The third-order valence-electron chi connectivity index (χ3n) is 2.72. The summed E-state index contributed by atoms with van der Waals surface area (Å²) in [7, 11) is 0. The number of nitro benzene ring substituents is 1. The number of anilines is 2. The Hall–Kier alpha value is -1.99. The minimum atomic E-state index is -4.32. The lowest BCUT2D eigenvalue weighted by molar-refractivity contribution is -0.383. The van der Waals surface area contributed by atoms with Crippen LogP contribution in [0.2, 0.25) is 0 Å². The van der Waals surface area contributed by atoms with Crippen molar-refractivity contribution in [3.05, 3.63) is 28.3 Å². The average molecular weight is 305 g/mol. The third kappa shape index (κ3) is 5.49. The number of alkyl halides is 3. The van der Waals surface area contributed by atoms with Gasteiger partial charge in [-0.1, -0.05) is 13.0 Å². The second-order valence-electron chi connectivity index (χ2n) is 4.75. The lowest BCUT2D eigenvalue weighted by atomic mass is 10.1. The van der Waals surface area contributed by atoms with Crippen LogP contribution in [-0.2, 0) is 0 Å². The highest BCUT2D eigenvalue weighted by Gasteiger charge is 2.31. The molecule has 0 aliphatic heterocycles. The molecule has 1 rings (SSSR count). The molecule has 1 unspecified atom stereocenters. The van der Waals surface area contributed by atoms with Crippen molar-refractivity contribution < 1.29 is 18.1 Å². The molecule has 0 saturated carbocycles. The fourth-order valence-electron chi connectivity index (χ4n) is 1.92. The Balaban J connectivity index is 2.98. The number of para-hydroxylation sites is 1. The molecule has 0 fully saturated rings. The summed E-state index contributed by atoms with van der Waals surface area (Å²) in [6.07, 6.45) is -4.60. The van der Waals surface area contributed by atoms with Crippen LogP contribution < -0.4 is 10.6 Å². The molecule has 2 N–H and O–H groups in total. The quantitative estimate of drug-likeness (QED) is 0.586. The van der Waals surface area contributed by atoms with Gasteiger partial charge in [0.1, 0.15) is 11.4 Å². The maximum absolute atomic E-state index is 12.3. The molecule has 0 amide bonds. The molecule has 0 aromatic heterocycles. The zero-order valence-corrected chi connectivity index (χ0v) is 11.8. The Bertz CT molecular complexity index is 492. The fourth-order valence-corrected chi connectivity index (χ4v) is 1.92. The van der Waals surface area contributed by atoms with Crippen molar-refractivity contribution in [2.24, 2.45) is 0 Å². The molecule has 0 heterocycles. The fraction of sp³-hybridized carbons (Fsp3) is 0.538. The van der Waals surface area contributed by atoms with E-state index in [4.69, 9.17) is 0 Å². The molecule has 0 aliphatic rings. The summed E-state index contributed by atoms with van der Waals surface area (Å²) in [5.74, 6) is 0. The summed E-state index contributed by atoms with van der Waals surface area (Å²) in [5, 5.41) is 16.6. The van der Waals surface area contributed by atoms with Crippen LogP contribution >= 0.6 is 0 Å². The first-order valence-corrected chi connectivity index (χ1v) is 6.59. The lowest BCUT2D eigenvalue weighted by Gasteiger charge is -2.18. The van der Waals surface area contributed by atoms with Gasteiger partial charge >= 0.3 is 11.9 Å². The summed E-state index contributed by atoms with van der Waals surface area (Å²) in [4.78, 5) is 10.6. The third-order valence-corrected chi connectivity index (χ3v) is 2.72. The second-order valence-corrected chi connectivity index (χ2v) is 4.75. The van der Waals surface area contributed by atoms with Crippen molar-refractivity contribution in [3.63, 3.8) is 0 Å². The Morgan fingerprint density at radius 2 is 1.95 bits per heavy atom. The number of hydrogen-bond donors (Lipinski definition) is 2. The summed E-state index contributed by atoms with van der Waals surface area (Å²) >= 11 is 0. The number of hydrogen-bond acceptors (Lipinski definition) is 4. The number of benzene rings is 1. The van der Waals surface area contributed by atoms with E-state index in [0.29, 0.717) is 12.2 Å². The molecule has 8 heteroatoms. The van der Waals surface area contributed by atoms with Crippen LogP contribution in [0.4, 0.5) is 30.2 Å². The van der Waals surface area contributed by atoms with E-state index in [1.54, 1.807) is 6.07 Å². The minimum Gasteiger partial charge on any atom is -0.379 e. The van der Waals surface area contributed by atoms with Crippen LogP contribution in [0, 0.1) is 10.1 Å². The van der Waals surface area contributed by atoms with Crippen molar-refractivity contribution in [3.8, 4) is 0 Å². The van der Waals surface area contributed by atoms with Crippen LogP contribution in [0.1, 0.15) is 26.7 Å². The van der Waals surface area contributed by atoms with Gasteiger partial charge in [0.2, 0.25) is 0 Å². The maximum Gasteiger partial charge on any atom is 0.391 e. The van der Waals surface area contributed by atoms with Crippen molar-refractivity contribution in [1.82, 2.24) is 0 Å². The van der Waals surface area contributed by atoms with E-state index in [-0.39, 0.29) is 11.4 Å². The Kier molecular flexibility index (Phi) is 5.80. The monoisotopic (exact) mass is 305 g/mol. The zero-order chi connectivity index (χ0) is 16.0. The molecule has 0 bridgehead atoms. The van der Waals surface area contributed by atoms with Gasteiger partial charge in [0.05, 0.1) is 11.3 Å². The van der Waals surface area contributed by atoms with Gasteiger partial charge in [0.15, 0.2) is 0 Å². The van der Waals surface area contributed by atoms with Gasteiger partial charge in [0, 0.05) is 12.6 Å². The largest absolute Gasteiger partial charge is 0.391 e. The molecule has 0 saturated heterocycles. The Morgan fingerprint density at radius 3 is 2.48 bits per heavy atom. The van der Waals surface area contributed by atoms with Crippen LogP contribution in [0.3, 0.4) is 0 Å².